The number of hydrogen-bond donors (Lipinski definition) is 0. The standard InChI is InChI=1S/C29H28ClNO5S/c1-4-34-26-16-21(10-11-24(26)36-18-22-6-5-7-23(30)15-22)17-27-28(32)31(29(33)37-27)12-13-35-25-14-19(2)8-9-20(25)3/h5-11,14-17H,4,12-13,18H2,1-3H3/b27-17-. The molecule has 2 amide bonds. The van der Waals surface area contributed by atoms with Gasteiger partial charge in [0.05, 0.1) is 18.1 Å². The quantitative estimate of drug-likeness (QED) is 0.258. The zero-order valence-corrected chi connectivity index (χ0v) is 22.5. The molecule has 6 nitrogen and oxygen atoms in total. The number of amides is 2. The summed E-state index contributed by atoms with van der Waals surface area (Å²) in [6.07, 6.45) is 1.69. The van der Waals surface area contributed by atoms with Crippen molar-refractivity contribution in [1.29, 1.82) is 0 Å². The van der Waals surface area contributed by atoms with Crippen molar-refractivity contribution in [2.24, 2.45) is 0 Å². The fourth-order valence-corrected chi connectivity index (χ4v) is 4.82. The van der Waals surface area contributed by atoms with Gasteiger partial charge in [0.1, 0.15) is 19.0 Å². The van der Waals surface area contributed by atoms with Crippen molar-refractivity contribution in [1.82, 2.24) is 4.90 Å². The van der Waals surface area contributed by atoms with E-state index in [0.717, 1.165) is 39.8 Å². The molecule has 0 bridgehead atoms. The number of nitrogens with zero attached hydrogens (tertiary/aromatic N) is 1. The van der Waals surface area contributed by atoms with Crippen LogP contribution >= 0.6 is 23.4 Å². The lowest BCUT2D eigenvalue weighted by Crippen LogP contribution is -2.32. The van der Waals surface area contributed by atoms with Crippen LogP contribution in [0.5, 0.6) is 17.2 Å². The molecule has 1 heterocycles. The topological polar surface area (TPSA) is 65.1 Å². The van der Waals surface area contributed by atoms with Crippen molar-refractivity contribution in [3.8, 4) is 17.2 Å². The Hall–Kier alpha value is -3.42. The Kier molecular flexibility index (Phi) is 8.79. The van der Waals surface area contributed by atoms with E-state index < -0.39 is 0 Å². The number of benzene rings is 3. The summed E-state index contributed by atoms with van der Waals surface area (Å²) in [5, 5.41) is 0.333. The molecular formula is C29H28ClNO5S. The summed E-state index contributed by atoms with van der Waals surface area (Å²) >= 11 is 6.98. The monoisotopic (exact) mass is 537 g/mol. The number of rotatable bonds is 10. The Morgan fingerprint density at radius 1 is 0.919 bits per heavy atom. The third kappa shape index (κ3) is 6.87. The first-order valence-electron chi connectivity index (χ1n) is 11.9. The number of imide groups is 1. The molecule has 0 atom stereocenters. The van der Waals surface area contributed by atoms with E-state index >= 15 is 0 Å². The Morgan fingerprint density at radius 3 is 2.54 bits per heavy atom. The maximum Gasteiger partial charge on any atom is 0.293 e. The van der Waals surface area contributed by atoms with Crippen LogP contribution in [0.1, 0.15) is 29.2 Å². The van der Waals surface area contributed by atoms with Crippen molar-refractivity contribution >= 4 is 40.6 Å². The van der Waals surface area contributed by atoms with Gasteiger partial charge in [-0.15, -0.1) is 0 Å². The highest BCUT2D eigenvalue weighted by molar-refractivity contribution is 8.18. The minimum atomic E-state index is -0.334. The van der Waals surface area contributed by atoms with Gasteiger partial charge in [-0.1, -0.05) is 41.9 Å². The van der Waals surface area contributed by atoms with Gasteiger partial charge in [-0.2, -0.15) is 0 Å². The van der Waals surface area contributed by atoms with Crippen LogP contribution in [-0.4, -0.2) is 35.8 Å². The minimum absolute atomic E-state index is 0.176. The van der Waals surface area contributed by atoms with Crippen molar-refractivity contribution < 1.29 is 23.8 Å². The van der Waals surface area contributed by atoms with E-state index in [1.165, 1.54) is 4.90 Å². The second-order valence-corrected chi connectivity index (χ2v) is 9.94. The molecule has 0 unspecified atom stereocenters. The van der Waals surface area contributed by atoms with Crippen LogP contribution in [0.2, 0.25) is 5.02 Å². The molecule has 3 aromatic rings. The lowest BCUT2D eigenvalue weighted by atomic mass is 10.1. The largest absolute Gasteiger partial charge is 0.491 e. The SMILES string of the molecule is CCOc1cc(/C=C2\SC(=O)N(CCOc3cc(C)ccc3C)C2=O)ccc1OCc1cccc(Cl)c1. The third-order valence-electron chi connectivity index (χ3n) is 5.64. The van der Waals surface area contributed by atoms with Gasteiger partial charge < -0.3 is 14.2 Å². The molecule has 3 aromatic carbocycles. The highest BCUT2D eigenvalue weighted by Crippen LogP contribution is 2.35. The number of thioether (sulfide) groups is 1. The summed E-state index contributed by atoms with van der Waals surface area (Å²) in [7, 11) is 0. The lowest BCUT2D eigenvalue weighted by Gasteiger charge is -2.15. The fraction of sp³-hybridized carbons (Fsp3) is 0.241. The molecule has 1 aliphatic heterocycles. The van der Waals surface area contributed by atoms with Gasteiger partial charge in [0.15, 0.2) is 11.5 Å². The summed E-state index contributed by atoms with van der Waals surface area (Å²) in [6, 6.07) is 18.8. The van der Waals surface area contributed by atoms with Crippen molar-refractivity contribution in [2.45, 2.75) is 27.4 Å². The predicted octanol–water partition coefficient (Wildman–Crippen LogP) is 7.05. The summed E-state index contributed by atoms with van der Waals surface area (Å²) in [6.45, 7) is 7.03. The summed E-state index contributed by atoms with van der Waals surface area (Å²) in [5.41, 5.74) is 3.76. The number of carbonyl (C=O) groups is 2. The summed E-state index contributed by atoms with van der Waals surface area (Å²) in [4.78, 5) is 27.0. The molecule has 0 saturated carbocycles. The average Bonchev–Trinajstić information content (AvgIpc) is 3.13. The van der Waals surface area contributed by atoms with E-state index in [1.807, 2.05) is 69.3 Å². The van der Waals surface area contributed by atoms with E-state index in [1.54, 1.807) is 18.2 Å². The van der Waals surface area contributed by atoms with E-state index in [0.29, 0.717) is 34.6 Å². The van der Waals surface area contributed by atoms with Crippen LogP contribution in [-0.2, 0) is 11.4 Å². The van der Waals surface area contributed by atoms with E-state index in [4.69, 9.17) is 25.8 Å². The van der Waals surface area contributed by atoms with Gasteiger partial charge in [0.25, 0.3) is 11.1 Å². The fourth-order valence-electron chi connectivity index (χ4n) is 3.74. The molecular weight excluding hydrogens is 510 g/mol. The Bertz CT molecular complexity index is 1340. The van der Waals surface area contributed by atoms with Crippen molar-refractivity contribution in [3.63, 3.8) is 0 Å². The van der Waals surface area contributed by atoms with Gasteiger partial charge in [-0.3, -0.25) is 14.5 Å². The first-order chi connectivity index (χ1) is 17.8. The molecule has 8 heteroatoms. The molecule has 0 spiro atoms. The number of carbonyl (C=O) groups excluding carboxylic acids is 2. The molecule has 1 saturated heterocycles. The Balaban J connectivity index is 1.42. The number of ether oxygens (including phenoxy) is 3. The summed E-state index contributed by atoms with van der Waals surface area (Å²) < 4.78 is 17.6. The van der Waals surface area contributed by atoms with Gasteiger partial charge >= 0.3 is 0 Å². The smallest absolute Gasteiger partial charge is 0.293 e. The first-order valence-corrected chi connectivity index (χ1v) is 13.1. The zero-order valence-electron chi connectivity index (χ0n) is 21.0. The maximum absolute atomic E-state index is 12.9. The molecule has 0 N–H and O–H groups in total. The Labute approximate surface area is 226 Å². The van der Waals surface area contributed by atoms with Crippen LogP contribution in [0.15, 0.2) is 65.6 Å². The second kappa shape index (κ2) is 12.2. The number of halogens is 1. The maximum atomic E-state index is 12.9. The molecule has 0 aromatic heterocycles. The van der Waals surface area contributed by atoms with E-state index in [-0.39, 0.29) is 24.3 Å². The van der Waals surface area contributed by atoms with Crippen molar-refractivity contribution in [2.75, 3.05) is 19.8 Å². The highest BCUT2D eigenvalue weighted by atomic mass is 35.5. The normalized spacial score (nSPS) is 14.4. The molecule has 1 fully saturated rings. The molecule has 37 heavy (non-hydrogen) atoms. The third-order valence-corrected chi connectivity index (χ3v) is 6.78. The minimum Gasteiger partial charge on any atom is -0.491 e. The second-order valence-electron chi connectivity index (χ2n) is 8.51. The van der Waals surface area contributed by atoms with E-state index in [9.17, 15) is 9.59 Å². The van der Waals surface area contributed by atoms with Gasteiger partial charge in [-0.05, 0) is 91.2 Å². The van der Waals surface area contributed by atoms with Gasteiger partial charge in [-0.25, -0.2) is 0 Å². The molecule has 0 radical (unpaired) electrons. The van der Waals surface area contributed by atoms with Gasteiger partial charge in [0.2, 0.25) is 0 Å². The Morgan fingerprint density at radius 2 is 1.76 bits per heavy atom. The van der Waals surface area contributed by atoms with Gasteiger partial charge in [0, 0.05) is 5.02 Å². The zero-order chi connectivity index (χ0) is 26.4. The molecule has 1 aliphatic rings. The van der Waals surface area contributed by atoms with E-state index in [2.05, 4.69) is 0 Å². The highest BCUT2D eigenvalue weighted by Gasteiger charge is 2.34. The first kappa shape index (κ1) is 26.6. The number of hydrogen-bond acceptors (Lipinski definition) is 6. The summed E-state index contributed by atoms with van der Waals surface area (Å²) in [5.74, 6) is 1.55. The molecule has 4 rings (SSSR count). The lowest BCUT2D eigenvalue weighted by molar-refractivity contribution is -0.123. The molecule has 0 aliphatic carbocycles. The van der Waals surface area contributed by atoms with Crippen molar-refractivity contribution in [3.05, 3.63) is 92.8 Å². The van der Waals surface area contributed by atoms with Crippen LogP contribution in [0.4, 0.5) is 4.79 Å². The predicted molar refractivity (Wildman–Crippen MR) is 147 cm³/mol. The van der Waals surface area contributed by atoms with Crippen LogP contribution < -0.4 is 14.2 Å². The van der Waals surface area contributed by atoms with Crippen LogP contribution in [0.3, 0.4) is 0 Å². The van der Waals surface area contributed by atoms with Crippen LogP contribution in [0, 0.1) is 13.8 Å². The number of aryl methyl sites for hydroxylation is 2. The van der Waals surface area contributed by atoms with Crippen LogP contribution in [0.25, 0.3) is 6.08 Å². The molecule has 192 valence electrons. The average molecular weight is 538 g/mol.